The minimum Gasteiger partial charge on any atom is -0.531 e. The first-order valence-electron chi connectivity index (χ1n) is 21.5. The number of urea groups is 1. The van der Waals surface area contributed by atoms with E-state index in [1.54, 1.807) is 17.0 Å². The molecule has 1 atom stereocenters. The lowest BCUT2D eigenvalue weighted by Crippen LogP contribution is -2.68. The molecule has 0 radical (unpaired) electrons. The first-order chi connectivity index (χ1) is 31.0. The molecule has 3 amide bonds. The molecule has 0 spiro atoms. The number of ether oxygens (including phenoxy) is 2. The summed E-state index contributed by atoms with van der Waals surface area (Å²) >= 11 is 0. The van der Waals surface area contributed by atoms with Gasteiger partial charge >= 0.3 is 20.4 Å². The third-order valence-corrected chi connectivity index (χ3v) is 16.5. The van der Waals surface area contributed by atoms with Crippen molar-refractivity contribution in [1.82, 2.24) is 20.3 Å². The lowest BCUT2D eigenvalue weighted by molar-refractivity contribution is 0.106. The Kier molecular flexibility index (Phi) is 16.2. The average molecular weight is 930 g/mol. The molecule has 0 unspecified atom stereocenters. The summed E-state index contributed by atoms with van der Waals surface area (Å²) in [5, 5.41) is 21.8. The second kappa shape index (κ2) is 21.8. The molecule has 17 heteroatoms. The van der Waals surface area contributed by atoms with Gasteiger partial charge in [0.2, 0.25) is 10.0 Å². The second-order valence-corrected chi connectivity index (χ2v) is 23.0. The van der Waals surface area contributed by atoms with Crippen LogP contribution in [0.1, 0.15) is 44.7 Å². The fourth-order valence-corrected chi connectivity index (χ4v) is 12.5. The number of piperidine rings is 1. The number of hydrogen-bond donors (Lipinski definition) is 5. The molecule has 1 aliphatic rings. The molecule has 0 bridgehead atoms. The Labute approximate surface area is 380 Å². The average Bonchev–Trinajstić information content (AvgIpc) is 3.27. The highest BCUT2D eigenvalue weighted by Gasteiger charge is 2.52. The molecule has 1 saturated heterocycles. The Morgan fingerprint density at radius 1 is 0.862 bits per heavy atom. The molecule has 65 heavy (non-hydrogen) atoms. The first-order valence-corrected chi connectivity index (χ1v) is 25.3. The van der Waals surface area contributed by atoms with Crippen molar-refractivity contribution in [2.45, 2.75) is 63.8 Å². The first kappa shape index (κ1) is 48.4. The van der Waals surface area contributed by atoms with Crippen molar-refractivity contribution in [2.24, 2.45) is 0 Å². The topological polar surface area (TPSA) is 168 Å². The minimum absolute atomic E-state index is 0.0600. The molecule has 1 aliphatic heterocycles. The zero-order chi connectivity index (χ0) is 46.6. The third kappa shape index (κ3) is 13.5. The van der Waals surface area contributed by atoms with Gasteiger partial charge in [-0.1, -0.05) is 93.6 Å². The predicted octanol–water partition coefficient (Wildman–Crippen LogP) is 6.31. The molecule has 1 fully saturated rings. The van der Waals surface area contributed by atoms with E-state index >= 15 is 0 Å². The summed E-state index contributed by atoms with van der Waals surface area (Å²) in [4.78, 5) is 27.1. The molecule has 5 N–H and O–H groups in total. The van der Waals surface area contributed by atoms with E-state index in [1.165, 1.54) is 6.07 Å². The van der Waals surface area contributed by atoms with Gasteiger partial charge in [-0.25, -0.2) is 31.5 Å². The number of aliphatic hydroxyl groups is 1. The quantitative estimate of drug-likeness (QED) is 0.0497. The highest BCUT2D eigenvalue weighted by Crippen LogP contribution is 2.41. The van der Waals surface area contributed by atoms with Gasteiger partial charge < -0.3 is 39.9 Å². The van der Waals surface area contributed by atoms with E-state index in [4.69, 9.17) is 13.9 Å². The van der Waals surface area contributed by atoms with Gasteiger partial charge in [-0.3, -0.25) is 0 Å². The van der Waals surface area contributed by atoms with Crippen LogP contribution in [0.4, 0.5) is 24.1 Å². The SMILES string of the molecule is CC(C)(C)[Si](Oc1ccc(OC[C@@H](O)CNCCc2ccc(NC3CCN(C(=O)NCc4cc(F)ccc4F)CC3)cc2)cc1OC(=O)NS(C)(=O)=O)(c1ccccc1)c1ccccc1. The van der Waals surface area contributed by atoms with Gasteiger partial charge in [-0.15, -0.1) is 0 Å². The number of amides is 3. The van der Waals surface area contributed by atoms with Gasteiger partial charge in [0.15, 0.2) is 5.75 Å². The maximum Gasteiger partial charge on any atom is 0.426 e. The summed E-state index contributed by atoms with van der Waals surface area (Å²) in [6.45, 7) is 8.02. The molecule has 0 aliphatic carbocycles. The van der Waals surface area contributed by atoms with Crippen molar-refractivity contribution in [3.05, 3.63) is 144 Å². The predicted molar refractivity (Wildman–Crippen MR) is 250 cm³/mol. The number of anilines is 1. The summed E-state index contributed by atoms with van der Waals surface area (Å²) in [7, 11) is -7.13. The summed E-state index contributed by atoms with van der Waals surface area (Å²) in [5.74, 6) is -0.704. The van der Waals surface area contributed by atoms with Crippen LogP contribution in [0.15, 0.2) is 121 Å². The Hall–Kier alpha value is -6.01. The van der Waals surface area contributed by atoms with Crippen LogP contribution in [0.2, 0.25) is 5.04 Å². The maximum atomic E-state index is 13.9. The highest BCUT2D eigenvalue weighted by atomic mass is 32.2. The van der Waals surface area contributed by atoms with E-state index < -0.39 is 47.2 Å². The molecule has 0 saturated carbocycles. The van der Waals surface area contributed by atoms with Gasteiger partial charge in [0.1, 0.15) is 35.8 Å². The third-order valence-electron chi connectivity index (χ3n) is 11.0. The summed E-state index contributed by atoms with van der Waals surface area (Å²) in [6.07, 6.45) is 0.932. The van der Waals surface area contributed by atoms with Gasteiger partial charge in [-0.05, 0) is 89.2 Å². The standard InChI is InChI=1S/C48H57F2N5O8SSi/c1-48(2,3)65(41-11-7-5-8-12-41,42-13-9-6-10-14-42)63-44-22-20-40(30-45(44)62-47(58)54-64(4,59)60)61-33-39(56)32-51-26-23-34-15-18-37(19-16-34)53-38-24-27-55(28-25-38)46(57)52-31-35-29-36(49)17-21-43(35)50/h5-22,29-30,38-39,51,53,56H,23-28,31-33H2,1-4H3,(H,52,57)(H,54,58)/t39-/m0/s1. The zero-order valence-corrected chi connectivity index (χ0v) is 38.8. The fourth-order valence-electron chi connectivity index (χ4n) is 7.77. The van der Waals surface area contributed by atoms with Crippen LogP contribution in [0.5, 0.6) is 17.2 Å². The Morgan fingerprint density at radius 2 is 1.51 bits per heavy atom. The van der Waals surface area contributed by atoms with Crippen LogP contribution >= 0.6 is 0 Å². The van der Waals surface area contributed by atoms with Crippen LogP contribution < -0.4 is 44.9 Å². The van der Waals surface area contributed by atoms with Crippen molar-refractivity contribution in [2.75, 3.05) is 44.4 Å². The van der Waals surface area contributed by atoms with Gasteiger partial charge in [-0.2, -0.15) is 0 Å². The minimum atomic E-state index is -3.94. The number of nitrogens with one attached hydrogen (secondary N) is 4. The molecule has 6 rings (SSSR count). The Morgan fingerprint density at radius 3 is 2.12 bits per heavy atom. The molecule has 13 nitrogen and oxygen atoms in total. The zero-order valence-electron chi connectivity index (χ0n) is 37.0. The number of hydrogen-bond acceptors (Lipinski definition) is 10. The maximum absolute atomic E-state index is 13.9. The van der Waals surface area contributed by atoms with Crippen molar-refractivity contribution in [3.8, 4) is 17.2 Å². The summed E-state index contributed by atoms with van der Waals surface area (Å²) < 4.78 is 71.7. The lowest BCUT2D eigenvalue weighted by atomic mass is 10.0. The second-order valence-electron chi connectivity index (χ2n) is 17.1. The summed E-state index contributed by atoms with van der Waals surface area (Å²) in [5.41, 5.74) is 2.16. The lowest BCUT2D eigenvalue weighted by Gasteiger charge is -2.43. The smallest absolute Gasteiger partial charge is 0.426 e. The number of carbonyl (C=O) groups excluding carboxylic acids is 2. The van der Waals surface area contributed by atoms with Crippen LogP contribution in [0.3, 0.4) is 0 Å². The van der Waals surface area contributed by atoms with E-state index in [1.807, 2.05) is 89.7 Å². The highest BCUT2D eigenvalue weighted by molar-refractivity contribution is 7.89. The monoisotopic (exact) mass is 929 g/mol. The number of sulfonamides is 1. The van der Waals surface area contributed by atoms with E-state index in [0.717, 1.165) is 58.9 Å². The van der Waals surface area contributed by atoms with Crippen molar-refractivity contribution in [1.29, 1.82) is 0 Å². The van der Waals surface area contributed by atoms with Gasteiger partial charge in [0.25, 0.3) is 0 Å². The number of nitrogens with zero attached hydrogens (tertiary/aromatic N) is 1. The van der Waals surface area contributed by atoms with E-state index in [0.29, 0.717) is 26.1 Å². The molecular weight excluding hydrogens is 873 g/mol. The number of benzene rings is 5. The van der Waals surface area contributed by atoms with E-state index in [9.17, 15) is 31.9 Å². The molecule has 0 aromatic heterocycles. The fraction of sp³-hybridized carbons (Fsp3) is 0.333. The molecule has 5 aromatic rings. The number of carbonyl (C=O) groups is 2. The largest absolute Gasteiger partial charge is 0.531 e. The Balaban J connectivity index is 0.992. The van der Waals surface area contributed by atoms with E-state index in [2.05, 4.69) is 36.7 Å². The van der Waals surface area contributed by atoms with Crippen LogP contribution in [-0.4, -0.2) is 90.1 Å². The Bertz CT molecular complexity index is 2430. The number of rotatable bonds is 18. The van der Waals surface area contributed by atoms with Crippen LogP contribution in [0, 0.1) is 11.6 Å². The van der Waals surface area contributed by atoms with Gasteiger partial charge in [0, 0.05) is 49.5 Å². The van der Waals surface area contributed by atoms with E-state index in [-0.39, 0.29) is 54.6 Å². The van der Waals surface area contributed by atoms with Crippen LogP contribution in [0.25, 0.3) is 0 Å². The van der Waals surface area contributed by atoms with Crippen molar-refractivity contribution >= 4 is 46.5 Å². The molecular formula is C48H57F2N5O8SSi. The normalized spacial score (nSPS) is 14.0. The molecule has 5 aromatic carbocycles. The van der Waals surface area contributed by atoms with Crippen molar-refractivity contribution in [3.63, 3.8) is 0 Å². The number of likely N-dealkylation sites (tertiary alicyclic amines) is 1. The summed E-state index contributed by atoms with van der Waals surface area (Å²) in [6, 6.07) is 35.6. The van der Waals surface area contributed by atoms with Crippen molar-refractivity contribution < 1.29 is 45.8 Å². The number of aliphatic hydroxyl groups excluding tert-OH is 1. The van der Waals surface area contributed by atoms with Gasteiger partial charge in [0.05, 0.1) is 6.26 Å². The molecule has 1 heterocycles. The number of halogens is 2. The molecule has 346 valence electrons. The van der Waals surface area contributed by atoms with Crippen LogP contribution in [-0.2, 0) is 23.0 Å².